The molecule has 2 aromatic rings. The summed E-state index contributed by atoms with van der Waals surface area (Å²) < 4.78 is 10.6. The highest BCUT2D eigenvalue weighted by Gasteiger charge is 2.41. The molecule has 0 unspecified atom stereocenters. The Hall–Kier alpha value is -2.77. The predicted octanol–water partition coefficient (Wildman–Crippen LogP) is 3.33. The minimum Gasteiger partial charge on any atom is -0.497 e. The van der Waals surface area contributed by atoms with E-state index >= 15 is 0 Å². The molecule has 0 fully saturated rings. The minimum absolute atomic E-state index is 0.0989. The average molecular weight is 413 g/mol. The zero-order chi connectivity index (χ0) is 21.1. The molecule has 0 aromatic heterocycles. The average Bonchev–Trinajstić information content (AvgIpc) is 2.97. The number of nitrogens with zero attached hydrogens (tertiary/aromatic N) is 1. The molecule has 0 bridgehead atoms. The summed E-state index contributed by atoms with van der Waals surface area (Å²) in [5, 5.41) is 9.26. The first kappa shape index (κ1) is 21.0. The van der Waals surface area contributed by atoms with E-state index in [1.54, 1.807) is 18.2 Å². The lowest BCUT2D eigenvalue weighted by Crippen LogP contribution is -2.31. The normalized spacial score (nSPS) is 14.0. The Morgan fingerprint density at radius 2 is 1.72 bits per heavy atom. The van der Waals surface area contributed by atoms with Crippen molar-refractivity contribution in [3.05, 3.63) is 58.0 Å². The van der Waals surface area contributed by atoms with Crippen molar-refractivity contribution in [3.8, 4) is 11.5 Å². The SMILES string of the molecule is COc1ccc(OC)c(N2C(=O)C(SCCO)=C(c3ccc(C)c(C)c3)C2=O)c1. The van der Waals surface area contributed by atoms with Gasteiger partial charge in [0.15, 0.2) is 0 Å². The van der Waals surface area contributed by atoms with Gasteiger partial charge in [-0.2, -0.15) is 0 Å². The second kappa shape index (κ2) is 8.71. The van der Waals surface area contributed by atoms with Gasteiger partial charge in [0, 0.05) is 11.8 Å². The molecule has 0 atom stereocenters. The summed E-state index contributed by atoms with van der Waals surface area (Å²) in [7, 11) is 3.00. The van der Waals surface area contributed by atoms with Crippen molar-refractivity contribution >= 4 is 34.8 Å². The first-order valence-electron chi connectivity index (χ1n) is 9.09. The van der Waals surface area contributed by atoms with Crippen molar-refractivity contribution in [1.29, 1.82) is 0 Å². The minimum atomic E-state index is -0.437. The Morgan fingerprint density at radius 3 is 2.34 bits per heavy atom. The first-order valence-corrected chi connectivity index (χ1v) is 10.1. The number of ether oxygens (including phenoxy) is 2. The van der Waals surface area contributed by atoms with Gasteiger partial charge in [-0.3, -0.25) is 9.59 Å². The largest absolute Gasteiger partial charge is 0.497 e. The maximum absolute atomic E-state index is 13.4. The van der Waals surface area contributed by atoms with Gasteiger partial charge < -0.3 is 14.6 Å². The first-order chi connectivity index (χ1) is 13.9. The van der Waals surface area contributed by atoms with E-state index in [0.717, 1.165) is 16.0 Å². The fraction of sp³-hybridized carbons (Fsp3) is 0.273. The highest BCUT2D eigenvalue weighted by atomic mass is 32.2. The van der Waals surface area contributed by atoms with Gasteiger partial charge >= 0.3 is 0 Å². The fourth-order valence-corrected chi connectivity index (χ4v) is 3.99. The van der Waals surface area contributed by atoms with E-state index in [1.165, 1.54) is 26.0 Å². The van der Waals surface area contributed by atoms with Crippen molar-refractivity contribution in [1.82, 2.24) is 0 Å². The molecule has 0 radical (unpaired) electrons. The Bertz CT molecular complexity index is 999. The molecule has 1 aliphatic rings. The van der Waals surface area contributed by atoms with Crippen LogP contribution in [0, 0.1) is 13.8 Å². The molecule has 1 aliphatic heterocycles. The Balaban J connectivity index is 2.14. The quantitative estimate of drug-likeness (QED) is 0.702. The van der Waals surface area contributed by atoms with Crippen molar-refractivity contribution in [3.63, 3.8) is 0 Å². The van der Waals surface area contributed by atoms with Gasteiger partial charge in [-0.25, -0.2) is 4.90 Å². The molecular weight excluding hydrogens is 390 g/mol. The number of aryl methyl sites for hydroxylation is 2. The number of hydrogen-bond acceptors (Lipinski definition) is 6. The summed E-state index contributed by atoms with van der Waals surface area (Å²) >= 11 is 1.18. The molecule has 6 nitrogen and oxygen atoms in total. The lowest BCUT2D eigenvalue weighted by molar-refractivity contribution is -0.119. The third kappa shape index (κ3) is 3.88. The van der Waals surface area contributed by atoms with Gasteiger partial charge in [-0.1, -0.05) is 18.2 Å². The van der Waals surface area contributed by atoms with Crippen LogP contribution in [0.15, 0.2) is 41.3 Å². The Labute approximate surface area is 174 Å². The van der Waals surface area contributed by atoms with Crippen LogP contribution in [0.2, 0.25) is 0 Å². The predicted molar refractivity (Wildman–Crippen MR) is 114 cm³/mol. The van der Waals surface area contributed by atoms with Crippen molar-refractivity contribution in [2.75, 3.05) is 31.5 Å². The molecule has 0 aliphatic carbocycles. The summed E-state index contributed by atoms with van der Waals surface area (Å²) in [6.07, 6.45) is 0. The van der Waals surface area contributed by atoms with Crippen LogP contribution in [0.3, 0.4) is 0 Å². The molecule has 0 saturated heterocycles. The number of benzene rings is 2. The Kier molecular flexibility index (Phi) is 6.30. The summed E-state index contributed by atoms with van der Waals surface area (Å²) in [4.78, 5) is 28.1. The zero-order valence-electron chi connectivity index (χ0n) is 16.8. The van der Waals surface area contributed by atoms with Crippen molar-refractivity contribution < 1.29 is 24.2 Å². The van der Waals surface area contributed by atoms with Crippen LogP contribution in [0.4, 0.5) is 5.69 Å². The van der Waals surface area contributed by atoms with E-state index in [4.69, 9.17) is 9.47 Å². The third-order valence-corrected chi connectivity index (χ3v) is 5.86. The maximum atomic E-state index is 13.4. The smallest absolute Gasteiger partial charge is 0.272 e. The molecule has 0 spiro atoms. The van der Waals surface area contributed by atoms with Crippen LogP contribution >= 0.6 is 11.8 Å². The molecular formula is C22H23NO5S. The van der Waals surface area contributed by atoms with Crippen LogP contribution in [0.5, 0.6) is 11.5 Å². The molecule has 152 valence electrons. The van der Waals surface area contributed by atoms with E-state index < -0.39 is 11.8 Å². The van der Waals surface area contributed by atoms with Gasteiger partial charge in [-0.15, -0.1) is 11.8 Å². The number of amides is 2. The third-order valence-electron chi connectivity index (χ3n) is 4.80. The number of imide groups is 1. The number of rotatable bonds is 7. The second-order valence-electron chi connectivity index (χ2n) is 6.56. The lowest BCUT2D eigenvalue weighted by atomic mass is 10.0. The number of thioether (sulfide) groups is 1. The van der Waals surface area contributed by atoms with Crippen LogP contribution in [-0.4, -0.2) is 43.5 Å². The van der Waals surface area contributed by atoms with Crippen molar-refractivity contribution in [2.24, 2.45) is 0 Å². The Morgan fingerprint density at radius 1 is 0.966 bits per heavy atom. The van der Waals surface area contributed by atoms with Crippen LogP contribution in [-0.2, 0) is 9.59 Å². The molecule has 3 rings (SSSR count). The van der Waals surface area contributed by atoms with Crippen LogP contribution in [0.1, 0.15) is 16.7 Å². The number of carbonyl (C=O) groups excluding carboxylic acids is 2. The molecule has 1 heterocycles. The zero-order valence-corrected chi connectivity index (χ0v) is 17.6. The maximum Gasteiger partial charge on any atom is 0.272 e. The van der Waals surface area contributed by atoms with Crippen molar-refractivity contribution in [2.45, 2.75) is 13.8 Å². The van der Waals surface area contributed by atoms with E-state index in [-0.39, 0.29) is 6.61 Å². The summed E-state index contributed by atoms with van der Waals surface area (Å²) in [6.45, 7) is 3.85. The van der Waals surface area contributed by atoms with E-state index in [1.807, 2.05) is 32.0 Å². The molecule has 7 heteroatoms. The monoisotopic (exact) mass is 413 g/mol. The summed E-state index contributed by atoms with van der Waals surface area (Å²) in [6, 6.07) is 10.6. The number of carbonyl (C=O) groups is 2. The van der Waals surface area contributed by atoms with Gasteiger partial charge in [0.1, 0.15) is 11.5 Å². The standard InChI is InChI=1S/C22H23NO5S/c1-13-5-6-15(11-14(13)2)19-20(29-10-9-24)22(26)23(21(19)25)17-12-16(27-3)7-8-18(17)28-4/h5-8,11-12,24H,9-10H2,1-4H3. The van der Waals surface area contributed by atoms with E-state index in [0.29, 0.717) is 39.0 Å². The summed E-state index contributed by atoms with van der Waals surface area (Å²) in [5.74, 6) is 0.343. The van der Waals surface area contributed by atoms with Crippen LogP contribution in [0.25, 0.3) is 5.57 Å². The molecule has 2 amide bonds. The number of aliphatic hydroxyl groups is 1. The number of aliphatic hydroxyl groups excluding tert-OH is 1. The topological polar surface area (TPSA) is 76.1 Å². The fourth-order valence-electron chi connectivity index (χ4n) is 3.13. The molecule has 0 saturated carbocycles. The number of methoxy groups -OCH3 is 2. The summed E-state index contributed by atoms with van der Waals surface area (Å²) in [5.41, 5.74) is 3.46. The van der Waals surface area contributed by atoms with Gasteiger partial charge in [0.2, 0.25) is 0 Å². The molecule has 2 aromatic carbocycles. The van der Waals surface area contributed by atoms with Gasteiger partial charge in [0.05, 0.1) is 37.0 Å². The highest BCUT2D eigenvalue weighted by molar-refractivity contribution is 8.04. The highest BCUT2D eigenvalue weighted by Crippen LogP contribution is 2.42. The second-order valence-corrected chi connectivity index (χ2v) is 7.66. The van der Waals surface area contributed by atoms with E-state index in [2.05, 4.69) is 0 Å². The van der Waals surface area contributed by atoms with Gasteiger partial charge in [0.25, 0.3) is 11.8 Å². The van der Waals surface area contributed by atoms with Crippen LogP contribution < -0.4 is 14.4 Å². The molecule has 29 heavy (non-hydrogen) atoms. The molecule has 1 N–H and O–H groups in total. The van der Waals surface area contributed by atoms with E-state index in [9.17, 15) is 14.7 Å². The number of hydrogen-bond donors (Lipinski definition) is 1. The lowest BCUT2D eigenvalue weighted by Gasteiger charge is -2.19. The van der Waals surface area contributed by atoms with Gasteiger partial charge in [-0.05, 0) is 42.7 Å². The number of anilines is 1.